The summed E-state index contributed by atoms with van der Waals surface area (Å²) in [6, 6.07) is 15.3. The maximum atomic E-state index is 2.44. The Kier molecular flexibility index (Phi) is 2.06. The third kappa shape index (κ3) is 1.28. The van der Waals surface area contributed by atoms with Crippen molar-refractivity contribution in [2.24, 2.45) is 0 Å². The van der Waals surface area contributed by atoms with Gasteiger partial charge in [0.2, 0.25) is 5.69 Å². The van der Waals surface area contributed by atoms with Gasteiger partial charge < -0.3 is 0 Å². The van der Waals surface area contributed by atoms with Crippen molar-refractivity contribution in [2.75, 3.05) is 0 Å². The molecule has 1 nitrogen and oxygen atoms in total. The molecule has 1 aromatic heterocycles. The lowest BCUT2D eigenvalue weighted by Gasteiger charge is -2.04. The summed E-state index contributed by atoms with van der Waals surface area (Å²) in [5.74, 6) is 0.578. The molecule has 1 heteroatoms. The zero-order chi connectivity index (χ0) is 11.1. The standard InChI is InChI=1S/C15H16N/c1-11(2)14-8-5-9-15-13-7-4-3-6-12(13)10-16(14)15/h3-9,11H,10H2,1-2H3/q+1. The van der Waals surface area contributed by atoms with Crippen molar-refractivity contribution in [1.82, 2.24) is 0 Å². The molecule has 0 saturated heterocycles. The molecule has 1 aliphatic rings. The fourth-order valence-corrected chi connectivity index (χ4v) is 2.55. The number of nitrogens with zero attached hydrogens (tertiary/aromatic N) is 1. The van der Waals surface area contributed by atoms with Crippen LogP contribution in [0, 0.1) is 0 Å². The van der Waals surface area contributed by atoms with Crippen molar-refractivity contribution in [1.29, 1.82) is 0 Å². The minimum Gasteiger partial charge on any atom is -0.191 e. The molecule has 0 bridgehead atoms. The molecule has 1 aliphatic heterocycles. The van der Waals surface area contributed by atoms with E-state index in [1.165, 1.54) is 22.5 Å². The van der Waals surface area contributed by atoms with Crippen LogP contribution in [0.4, 0.5) is 0 Å². The summed E-state index contributed by atoms with van der Waals surface area (Å²) in [5.41, 5.74) is 5.62. The Morgan fingerprint density at radius 2 is 1.81 bits per heavy atom. The summed E-state index contributed by atoms with van der Waals surface area (Å²) in [6.45, 7) is 5.54. The number of hydrogen-bond acceptors (Lipinski definition) is 0. The first-order valence-electron chi connectivity index (χ1n) is 5.88. The van der Waals surface area contributed by atoms with E-state index in [9.17, 15) is 0 Å². The van der Waals surface area contributed by atoms with Crippen molar-refractivity contribution in [3.05, 3.63) is 53.7 Å². The molecule has 0 unspecified atom stereocenters. The fraction of sp³-hybridized carbons (Fsp3) is 0.267. The second kappa shape index (κ2) is 3.44. The van der Waals surface area contributed by atoms with Crippen molar-refractivity contribution in [3.63, 3.8) is 0 Å². The maximum absolute atomic E-state index is 2.44. The molecule has 16 heavy (non-hydrogen) atoms. The lowest BCUT2D eigenvalue weighted by atomic mass is 10.1. The van der Waals surface area contributed by atoms with E-state index < -0.39 is 0 Å². The van der Waals surface area contributed by atoms with Gasteiger partial charge in [0.25, 0.3) is 0 Å². The van der Waals surface area contributed by atoms with E-state index in [0.29, 0.717) is 5.92 Å². The molecule has 0 N–H and O–H groups in total. The van der Waals surface area contributed by atoms with Crippen LogP contribution in [0.5, 0.6) is 0 Å². The van der Waals surface area contributed by atoms with Gasteiger partial charge in [-0.15, -0.1) is 0 Å². The fourth-order valence-electron chi connectivity index (χ4n) is 2.55. The molecular weight excluding hydrogens is 194 g/mol. The predicted molar refractivity (Wildman–Crippen MR) is 65.3 cm³/mol. The molecular formula is C15H16N+. The van der Waals surface area contributed by atoms with Crippen LogP contribution >= 0.6 is 0 Å². The largest absolute Gasteiger partial charge is 0.213 e. The van der Waals surface area contributed by atoms with Gasteiger partial charge in [0.15, 0.2) is 12.2 Å². The Bertz CT molecular complexity index is 541. The second-order valence-corrected chi connectivity index (χ2v) is 4.73. The Morgan fingerprint density at radius 3 is 2.62 bits per heavy atom. The van der Waals surface area contributed by atoms with E-state index in [-0.39, 0.29) is 0 Å². The van der Waals surface area contributed by atoms with Crippen LogP contribution in [-0.2, 0) is 6.54 Å². The number of fused-ring (bicyclic) bond motifs is 3. The SMILES string of the molecule is CC(C)c1cccc2[n+]1Cc1ccccc1-2. The van der Waals surface area contributed by atoms with E-state index in [1.54, 1.807) is 0 Å². The van der Waals surface area contributed by atoms with Crippen LogP contribution in [0.2, 0.25) is 0 Å². The first kappa shape index (κ1) is 9.59. The quantitative estimate of drug-likeness (QED) is 0.543. The highest BCUT2D eigenvalue weighted by atomic mass is 15.0. The second-order valence-electron chi connectivity index (χ2n) is 4.73. The van der Waals surface area contributed by atoms with Crippen molar-refractivity contribution in [3.8, 4) is 11.3 Å². The molecule has 80 valence electrons. The van der Waals surface area contributed by atoms with E-state index in [0.717, 1.165) is 6.54 Å². The summed E-state index contributed by atoms with van der Waals surface area (Å²) in [5, 5.41) is 0. The van der Waals surface area contributed by atoms with Gasteiger partial charge in [-0.1, -0.05) is 32.0 Å². The third-order valence-corrected chi connectivity index (χ3v) is 3.34. The highest BCUT2D eigenvalue weighted by Gasteiger charge is 2.28. The van der Waals surface area contributed by atoms with Crippen molar-refractivity contribution >= 4 is 0 Å². The Hall–Kier alpha value is -1.63. The Balaban J connectivity index is 2.24. The molecule has 1 aromatic carbocycles. The zero-order valence-electron chi connectivity index (χ0n) is 9.77. The van der Waals surface area contributed by atoms with Crippen LogP contribution in [0.15, 0.2) is 42.5 Å². The monoisotopic (exact) mass is 210 g/mol. The van der Waals surface area contributed by atoms with Gasteiger partial charge in [-0.2, -0.15) is 4.57 Å². The summed E-state index contributed by atoms with van der Waals surface area (Å²) < 4.78 is 2.44. The highest BCUT2D eigenvalue weighted by Crippen LogP contribution is 2.27. The van der Waals surface area contributed by atoms with Gasteiger partial charge in [-0.25, -0.2) is 0 Å². The smallest absolute Gasteiger partial charge is 0.191 e. The van der Waals surface area contributed by atoms with E-state index in [1.807, 2.05) is 0 Å². The normalized spacial score (nSPS) is 12.7. The maximum Gasteiger partial charge on any atom is 0.213 e. The van der Waals surface area contributed by atoms with Gasteiger partial charge in [0, 0.05) is 23.6 Å². The molecule has 2 heterocycles. The first-order chi connectivity index (χ1) is 7.77. The first-order valence-corrected chi connectivity index (χ1v) is 5.88. The van der Waals surface area contributed by atoms with Gasteiger partial charge in [-0.3, -0.25) is 0 Å². The van der Waals surface area contributed by atoms with Crippen LogP contribution in [0.3, 0.4) is 0 Å². The molecule has 0 radical (unpaired) electrons. The molecule has 0 fully saturated rings. The highest BCUT2D eigenvalue weighted by molar-refractivity contribution is 5.63. The molecule has 0 saturated carbocycles. The zero-order valence-corrected chi connectivity index (χ0v) is 9.77. The third-order valence-electron chi connectivity index (χ3n) is 3.34. The van der Waals surface area contributed by atoms with Gasteiger partial charge in [0.1, 0.15) is 0 Å². The topological polar surface area (TPSA) is 3.88 Å². The molecule has 2 aromatic rings. The van der Waals surface area contributed by atoms with Crippen LogP contribution < -0.4 is 4.57 Å². The summed E-state index contributed by atoms with van der Waals surface area (Å²) in [4.78, 5) is 0. The number of rotatable bonds is 1. The minimum absolute atomic E-state index is 0.578. The number of pyridine rings is 1. The predicted octanol–water partition coefficient (Wildman–Crippen LogP) is 3.13. The number of aromatic nitrogens is 1. The Morgan fingerprint density at radius 1 is 1.00 bits per heavy atom. The number of hydrogen-bond donors (Lipinski definition) is 0. The number of benzene rings is 1. The van der Waals surface area contributed by atoms with E-state index >= 15 is 0 Å². The van der Waals surface area contributed by atoms with E-state index in [2.05, 4.69) is 60.9 Å². The lowest BCUT2D eigenvalue weighted by molar-refractivity contribution is -0.680. The summed E-state index contributed by atoms with van der Waals surface area (Å²) in [6.07, 6.45) is 0. The average Bonchev–Trinajstić information content (AvgIpc) is 2.67. The molecule has 3 rings (SSSR count). The molecule has 0 spiro atoms. The molecule has 0 atom stereocenters. The van der Waals surface area contributed by atoms with Crippen LogP contribution in [0.25, 0.3) is 11.3 Å². The summed E-state index contributed by atoms with van der Waals surface area (Å²) >= 11 is 0. The summed E-state index contributed by atoms with van der Waals surface area (Å²) in [7, 11) is 0. The van der Waals surface area contributed by atoms with Crippen LogP contribution in [0.1, 0.15) is 31.0 Å². The Labute approximate surface area is 96.4 Å². The minimum atomic E-state index is 0.578. The molecule has 0 aliphatic carbocycles. The van der Waals surface area contributed by atoms with Gasteiger partial charge in [-0.05, 0) is 12.1 Å². The van der Waals surface area contributed by atoms with Gasteiger partial charge >= 0.3 is 0 Å². The lowest BCUT2D eigenvalue weighted by Crippen LogP contribution is -2.37. The average molecular weight is 210 g/mol. The van der Waals surface area contributed by atoms with Gasteiger partial charge in [0.05, 0.1) is 5.56 Å². The van der Waals surface area contributed by atoms with Crippen molar-refractivity contribution < 1.29 is 4.57 Å². The van der Waals surface area contributed by atoms with Crippen LogP contribution in [-0.4, -0.2) is 0 Å². The molecule has 0 amide bonds. The van der Waals surface area contributed by atoms with E-state index in [4.69, 9.17) is 0 Å². The van der Waals surface area contributed by atoms with Crippen molar-refractivity contribution in [2.45, 2.75) is 26.3 Å².